The number of nitrogens with two attached hydrogens (primary N) is 1. The average molecular weight is 210 g/mol. The Morgan fingerprint density at radius 3 is 3.27 bits per heavy atom. The maximum absolute atomic E-state index is 5.51. The number of hydrazine groups is 1. The smallest absolute Gasteiger partial charge is 0.218 e. The molecule has 1 aliphatic rings. The van der Waals surface area contributed by atoms with Crippen molar-refractivity contribution >= 4 is 5.82 Å². The van der Waals surface area contributed by atoms with E-state index in [1.807, 2.05) is 0 Å². The van der Waals surface area contributed by atoms with Gasteiger partial charge in [0, 0.05) is 18.6 Å². The Morgan fingerprint density at radius 1 is 1.60 bits per heavy atom. The first-order valence-corrected chi connectivity index (χ1v) is 4.87. The maximum Gasteiger partial charge on any atom is 0.218 e. The molecule has 0 amide bonds. The van der Waals surface area contributed by atoms with Crippen LogP contribution in [0.2, 0.25) is 0 Å². The summed E-state index contributed by atoms with van der Waals surface area (Å²) >= 11 is 0. The van der Waals surface area contributed by atoms with E-state index in [1.165, 1.54) is 6.33 Å². The van der Waals surface area contributed by atoms with Crippen LogP contribution in [0.15, 0.2) is 12.4 Å². The van der Waals surface area contributed by atoms with Crippen LogP contribution in [0.4, 0.5) is 5.82 Å². The first-order valence-electron chi connectivity index (χ1n) is 4.87. The Balaban J connectivity index is 1.86. The Labute approximate surface area is 87.8 Å². The van der Waals surface area contributed by atoms with Gasteiger partial charge in [0.2, 0.25) is 5.88 Å². The van der Waals surface area contributed by atoms with E-state index >= 15 is 0 Å². The third-order valence-corrected chi connectivity index (χ3v) is 2.28. The van der Waals surface area contributed by atoms with Gasteiger partial charge in [-0.3, -0.25) is 0 Å². The van der Waals surface area contributed by atoms with Gasteiger partial charge >= 0.3 is 0 Å². The minimum Gasteiger partial charge on any atom is -0.477 e. The second kappa shape index (κ2) is 4.90. The molecular weight excluding hydrogens is 196 g/mol. The Hall–Kier alpha value is -1.40. The molecule has 0 aliphatic carbocycles. The molecule has 82 valence electrons. The summed E-state index contributed by atoms with van der Waals surface area (Å²) in [6.07, 6.45) is 2.46. The molecule has 1 fully saturated rings. The molecule has 0 bridgehead atoms. The summed E-state index contributed by atoms with van der Waals surface area (Å²) in [5.74, 6) is 6.76. The van der Waals surface area contributed by atoms with Gasteiger partial charge in [-0.2, -0.15) is 0 Å². The van der Waals surface area contributed by atoms with Gasteiger partial charge in [-0.1, -0.05) is 0 Å². The lowest BCUT2D eigenvalue weighted by Crippen LogP contribution is -2.13. The van der Waals surface area contributed by atoms with E-state index in [2.05, 4.69) is 15.4 Å². The number of nitrogen functional groups attached to an aromatic ring is 1. The number of rotatable bonds is 4. The zero-order valence-electron chi connectivity index (χ0n) is 8.35. The van der Waals surface area contributed by atoms with Crippen LogP contribution in [0.3, 0.4) is 0 Å². The molecule has 1 saturated heterocycles. The molecule has 1 aromatic heterocycles. The van der Waals surface area contributed by atoms with E-state index in [0.29, 0.717) is 24.2 Å². The number of hydrogen-bond acceptors (Lipinski definition) is 6. The van der Waals surface area contributed by atoms with E-state index in [1.54, 1.807) is 6.07 Å². The highest BCUT2D eigenvalue weighted by atomic mass is 16.5. The highest BCUT2D eigenvalue weighted by Crippen LogP contribution is 2.15. The molecule has 2 rings (SSSR count). The van der Waals surface area contributed by atoms with E-state index in [4.69, 9.17) is 15.3 Å². The van der Waals surface area contributed by atoms with E-state index in [-0.39, 0.29) is 0 Å². The third kappa shape index (κ3) is 2.77. The minimum absolute atomic E-state index is 0.467. The molecular formula is C9H14N4O2. The topological polar surface area (TPSA) is 82.3 Å². The summed E-state index contributed by atoms with van der Waals surface area (Å²) in [7, 11) is 0. The van der Waals surface area contributed by atoms with Crippen LogP contribution in [-0.4, -0.2) is 29.8 Å². The highest BCUT2D eigenvalue weighted by molar-refractivity contribution is 5.35. The molecule has 3 N–H and O–H groups in total. The van der Waals surface area contributed by atoms with Crippen molar-refractivity contribution in [3.8, 4) is 5.88 Å². The molecule has 0 aromatic carbocycles. The summed E-state index contributed by atoms with van der Waals surface area (Å²) < 4.78 is 10.8. The maximum atomic E-state index is 5.51. The van der Waals surface area contributed by atoms with Crippen LogP contribution in [0, 0.1) is 5.92 Å². The van der Waals surface area contributed by atoms with E-state index < -0.39 is 0 Å². The molecule has 1 atom stereocenters. The van der Waals surface area contributed by atoms with Crippen molar-refractivity contribution < 1.29 is 9.47 Å². The van der Waals surface area contributed by atoms with Crippen molar-refractivity contribution in [3.05, 3.63) is 12.4 Å². The Morgan fingerprint density at radius 2 is 2.53 bits per heavy atom. The van der Waals surface area contributed by atoms with Crippen LogP contribution >= 0.6 is 0 Å². The molecule has 1 unspecified atom stereocenters. The van der Waals surface area contributed by atoms with Gasteiger partial charge < -0.3 is 14.9 Å². The van der Waals surface area contributed by atoms with E-state index in [0.717, 1.165) is 19.6 Å². The molecule has 1 aliphatic heterocycles. The molecule has 15 heavy (non-hydrogen) atoms. The summed E-state index contributed by atoms with van der Waals surface area (Å²) in [6, 6.07) is 1.66. The van der Waals surface area contributed by atoms with Crippen LogP contribution in [0.1, 0.15) is 6.42 Å². The fourth-order valence-corrected chi connectivity index (χ4v) is 1.42. The first-order chi connectivity index (χ1) is 7.38. The lowest BCUT2D eigenvalue weighted by molar-refractivity contribution is 0.165. The van der Waals surface area contributed by atoms with Crippen molar-refractivity contribution in [2.75, 3.05) is 25.2 Å². The van der Waals surface area contributed by atoms with Crippen LogP contribution in [0.25, 0.3) is 0 Å². The van der Waals surface area contributed by atoms with Gasteiger partial charge in [0.05, 0.1) is 13.2 Å². The number of anilines is 1. The Bertz CT molecular complexity index is 315. The lowest BCUT2D eigenvalue weighted by atomic mass is 10.1. The van der Waals surface area contributed by atoms with E-state index in [9.17, 15) is 0 Å². The minimum atomic E-state index is 0.467. The van der Waals surface area contributed by atoms with Gasteiger partial charge in [0.1, 0.15) is 12.1 Å². The molecule has 6 heteroatoms. The summed E-state index contributed by atoms with van der Waals surface area (Å²) in [6.45, 7) is 2.22. The number of hydrogen-bond donors (Lipinski definition) is 2. The molecule has 0 saturated carbocycles. The molecule has 1 aromatic rings. The van der Waals surface area contributed by atoms with Gasteiger partial charge in [-0.25, -0.2) is 15.8 Å². The largest absolute Gasteiger partial charge is 0.477 e. The fourth-order valence-electron chi connectivity index (χ4n) is 1.42. The van der Waals surface area contributed by atoms with Crippen LogP contribution in [0.5, 0.6) is 5.88 Å². The van der Waals surface area contributed by atoms with Gasteiger partial charge in [-0.15, -0.1) is 0 Å². The predicted molar refractivity (Wildman–Crippen MR) is 54.3 cm³/mol. The van der Waals surface area contributed by atoms with Gasteiger partial charge in [0.25, 0.3) is 0 Å². The first kappa shape index (κ1) is 10.1. The summed E-state index contributed by atoms with van der Waals surface area (Å²) in [5.41, 5.74) is 2.44. The monoisotopic (exact) mass is 210 g/mol. The number of ether oxygens (including phenoxy) is 2. The zero-order chi connectivity index (χ0) is 10.5. The SMILES string of the molecule is NNc1cc(OCC2CCOC2)ncn1. The highest BCUT2D eigenvalue weighted by Gasteiger charge is 2.16. The second-order valence-electron chi connectivity index (χ2n) is 3.43. The normalized spacial score (nSPS) is 20.2. The molecule has 2 heterocycles. The van der Waals surface area contributed by atoms with Crippen LogP contribution in [-0.2, 0) is 4.74 Å². The van der Waals surface area contributed by atoms with Crippen molar-refractivity contribution in [2.45, 2.75) is 6.42 Å². The van der Waals surface area contributed by atoms with Crippen LogP contribution < -0.4 is 16.0 Å². The fraction of sp³-hybridized carbons (Fsp3) is 0.556. The summed E-state index contributed by atoms with van der Waals surface area (Å²) in [5, 5.41) is 0. The van der Waals surface area contributed by atoms with Gasteiger partial charge in [-0.05, 0) is 6.42 Å². The Kier molecular flexibility index (Phi) is 3.31. The quantitative estimate of drug-likeness (QED) is 0.545. The molecule has 0 spiro atoms. The van der Waals surface area contributed by atoms with Crippen molar-refractivity contribution in [1.29, 1.82) is 0 Å². The van der Waals surface area contributed by atoms with Crippen molar-refractivity contribution in [3.63, 3.8) is 0 Å². The third-order valence-electron chi connectivity index (χ3n) is 2.28. The second-order valence-corrected chi connectivity index (χ2v) is 3.43. The van der Waals surface area contributed by atoms with Gasteiger partial charge in [0.15, 0.2) is 0 Å². The number of aromatic nitrogens is 2. The zero-order valence-corrected chi connectivity index (χ0v) is 8.35. The standard InChI is InChI=1S/C9H14N4O2/c10-13-8-3-9(12-6-11-8)15-5-7-1-2-14-4-7/h3,6-7H,1-2,4-5,10H2,(H,11,12,13). The number of nitrogens with zero attached hydrogens (tertiary/aromatic N) is 2. The number of nitrogens with one attached hydrogen (secondary N) is 1. The average Bonchev–Trinajstić information content (AvgIpc) is 2.79. The predicted octanol–water partition coefficient (Wildman–Crippen LogP) is 0.177. The van der Waals surface area contributed by atoms with Crippen molar-refractivity contribution in [1.82, 2.24) is 9.97 Å². The molecule has 6 nitrogen and oxygen atoms in total. The van der Waals surface area contributed by atoms with Crippen molar-refractivity contribution in [2.24, 2.45) is 11.8 Å². The molecule has 0 radical (unpaired) electrons. The summed E-state index contributed by atoms with van der Waals surface area (Å²) in [4.78, 5) is 7.86. The lowest BCUT2D eigenvalue weighted by Gasteiger charge is -2.09.